The van der Waals surface area contributed by atoms with Gasteiger partial charge in [-0.3, -0.25) is 0 Å². The number of phenols is 1. The number of hydrogen-bond acceptors (Lipinski definition) is 3. The summed E-state index contributed by atoms with van der Waals surface area (Å²) in [4.78, 5) is 1.08. The summed E-state index contributed by atoms with van der Waals surface area (Å²) in [6.07, 6.45) is -4.33. The van der Waals surface area contributed by atoms with Gasteiger partial charge in [0.2, 0.25) is 0 Å². The van der Waals surface area contributed by atoms with Crippen molar-refractivity contribution >= 4 is 11.8 Å². The molecular weight excluding hydrogens is 385 g/mol. The summed E-state index contributed by atoms with van der Waals surface area (Å²) in [6, 6.07) is 18.1. The standard InChI is InChI=1S/C22H19F3O2S/c1-15-12-20(10-11-21(15)26)28-14-17-4-8-19(9-5-17)27-13-16-2-6-18(7-3-16)22(23,24)25/h2-12,26H,13-14H2,1H3. The summed E-state index contributed by atoms with van der Waals surface area (Å²) >= 11 is 1.67. The first kappa shape index (κ1) is 20.1. The normalized spacial score (nSPS) is 11.4. The fraction of sp³-hybridized carbons (Fsp3) is 0.182. The second kappa shape index (κ2) is 8.61. The summed E-state index contributed by atoms with van der Waals surface area (Å²) < 4.78 is 43.4. The predicted octanol–water partition coefficient (Wildman–Crippen LogP) is 6.59. The molecule has 0 unspecified atom stereocenters. The van der Waals surface area contributed by atoms with Gasteiger partial charge in [0.25, 0.3) is 0 Å². The minimum absolute atomic E-state index is 0.207. The highest BCUT2D eigenvalue weighted by atomic mass is 32.2. The van der Waals surface area contributed by atoms with E-state index in [2.05, 4.69) is 0 Å². The molecule has 0 radical (unpaired) electrons. The number of rotatable bonds is 6. The van der Waals surface area contributed by atoms with Crippen LogP contribution >= 0.6 is 11.8 Å². The van der Waals surface area contributed by atoms with E-state index in [-0.39, 0.29) is 6.61 Å². The fourth-order valence-electron chi connectivity index (χ4n) is 2.52. The van der Waals surface area contributed by atoms with Crippen LogP contribution in [0.2, 0.25) is 0 Å². The summed E-state index contributed by atoms with van der Waals surface area (Å²) in [5.41, 5.74) is 1.98. The van der Waals surface area contributed by atoms with E-state index in [4.69, 9.17) is 4.74 Å². The Morgan fingerprint density at radius 1 is 0.893 bits per heavy atom. The molecule has 3 aromatic carbocycles. The molecule has 3 rings (SSSR count). The van der Waals surface area contributed by atoms with E-state index in [1.165, 1.54) is 12.1 Å². The molecule has 6 heteroatoms. The highest BCUT2D eigenvalue weighted by Crippen LogP contribution is 2.30. The molecule has 0 aliphatic rings. The molecular formula is C22H19F3O2S. The molecule has 0 saturated heterocycles. The largest absolute Gasteiger partial charge is 0.508 e. The fourth-order valence-corrected chi connectivity index (χ4v) is 3.47. The Morgan fingerprint density at radius 2 is 1.54 bits per heavy atom. The van der Waals surface area contributed by atoms with E-state index in [9.17, 15) is 18.3 Å². The van der Waals surface area contributed by atoms with Gasteiger partial charge in [0.1, 0.15) is 18.1 Å². The van der Waals surface area contributed by atoms with Crippen molar-refractivity contribution in [1.29, 1.82) is 0 Å². The first-order chi connectivity index (χ1) is 13.3. The Labute approximate surface area is 166 Å². The molecule has 0 spiro atoms. The number of ether oxygens (including phenoxy) is 1. The quantitative estimate of drug-likeness (QED) is 0.470. The summed E-state index contributed by atoms with van der Waals surface area (Å²) in [7, 11) is 0. The monoisotopic (exact) mass is 404 g/mol. The van der Waals surface area contributed by atoms with Crippen LogP contribution in [0.5, 0.6) is 11.5 Å². The van der Waals surface area contributed by atoms with Gasteiger partial charge in [-0.2, -0.15) is 13.2 Å². The molecule has 0 saturated carbocycles. The van der Waals surface area contributed by atoms with Crippen LogP contribution in [0.1, 0.15) is 22.3 Å². The summed E-state index contributed by atoms with van der Waals surface area (Å²) in [6.45, 7) is 2.07. The average molecular weight is 404 g/mol. The molecule has 28 heavy (non-hydrogen) atoms. The highest BCUT2D eigenvalue weighted by molar-refractivity contribution is 7.98. The minimum Gasteiger partial charge on any atom is -0.508 e. The van der Waals surface area contributed by atoms with Gasteiger partial charge in [-0.25, -0.2) is 0 Å². The molecule has 0 atom stereocenters. The van der Waals surface area contributed by atoms with Crippen LogP contribution < -0.4 is 4.74 Å². The number of aromatic hydroxyl groups is 1. The van der Waals surface area contributed by atoms with Gasteiger partial charge in [-0.05, 0) is 66.1 Å². The van der Waals surface area contributed by atoms with Gasteiger partial charge >= 0.3 is 6.18 Å². The lowest BCUT2D eigenvalue weighted by Gasteiger charge is -2.10. The van der Waals surface area contributed by atoms with Crippen molar-refractivity contribution in [3.63, 3.8) is 0 Å². The first-order valence-electron chi connectivity index (χ1n) is 8.61. The maximum Gasteiger partial charge on any atom is 0.416 e. The van der Waals surface area contributed by atoms with Crippen molar-refractivity contribution in [1.82, 2.24) is 0 Å². The second-order valence-electron chi connectivity index (χ2n) is 6.36. The smallest absolute Gasteiger partial charge is 0.416 e. The Balaban J connectivity index is 1.52. The SMILES string of the molecule is Cc1cc(SCc2ccc(OCc3ccc(C(F)(F)F)cc3)cc2)ccc1O. The van der Waals surface area contributed by atoms with Crippen LogP contribution in [0.3, 0.4) is 0 Å². The topological polar surface area (TPSA) is 29.5 Å². The molecule has 0 heterocycles. The molecule has 146 valence electrons. The lowest BCUT2D eigenvalue weighted by molar-refractivity contribution is -0.137. The molecule has 3 aromatic rings. The molecule has 2 nitrogen and oxygen atoms in total. The zero-order valence-electron chi connectivity index (χ0n) is 15.2. The van der Waals surface area contributed by atoms with Crippen LogP contribution in [-0.4, -0.2) is 5.11 Å². The lowest BCUT2D eigenvalue weighted by Crippen LogP contribution is -2.05. The molecule has 0 aliphatic heterocycles. The maximum absolute atomic E-state index is 12.6. The Morgan fingerprint density at radius 3 is 2.14 bits per heavy atom. The van der Waals surface area contributed by atoms with Crippen LogP contribution in [0.25, 0.3) is 0 Å². The van der Waals surface area contributed by atoms with E-state index in [1.54, 1.807) is 17.8 Å². The molecule has 0 fully saturated rings. The van der Waals surface area contributed by atoms with Crippen molar-refractivity contribution in [3.8, 4) is 11.5 Å². The van der Waals surface area contributed by atoms with Crippen LogP contribution in [0.15, 0.2) is 71.6 Å². The van der Waals surface area contributed by atoms with Gasteiger partial charge in [0.15, 0.2) is 0 Å². The third-order valence-corrected chi connectivity index (χ3v) is 5.25. The Bertz CT molecular complexity index is 920. The molecule has 1 N–H and O–H groups in total. The van der Waals surface area contributed by atoms with Crippen LogP contribution in [-0.2, 0) is 18.5 Å². The zero-order chi connectivity index (χ0) is 20.1. The number of halogens is 3. The summed E-state index contributed by atoms with van der Waals surface area (Å²) in [5.74, 6) is 1.73. The number of phenolic OH excluding ortho intramolecular Hbond substituents is 1. The Kier molecular flexibility index (Phi) is 6.19. The third-order valence-electron chi connectivity index (χ3n) is 4.18. The van der Waals surface area contributed by atoms with Crippen molar-refractivity contribution in [2.45, 2.75) is 30.4 Å². The lowest BCUT2D eigenvalue weighted by atomic mass is 10.1. The van der Waals surface area contributed by atoms with Crippen molar-refractivity contribution in [3.05, 3.63) is 89.0 Å². The van der Waals surface area contributed by atoms with Gasteiger partial charge in [0, 0.05) is 10.6 Å². The van der Waals surface area contributed by atoms with Gasteiger partial charge in [0.05, 0.1) is 5.56 Å². The number of aryl methyl sites for hydroxylation is 1. The molecule has 0 bridgehead atoms. The average Bonchev–Trinajstić information content (AvgIpc) is 2.68. The second-order valence-corrected chi connectivity index (χ2v) is 7.41. The maximum atomic E-state index is 12.6. The third kappa shape index (κ3) is 5.45. The van der Waals surface area contributed by atoms with Crippen molar-refractivity contribution in [2.24, 2.45) is 0 Å². The van der Waals surface area contributed by atoms with Gasteiger partial charge in [-0.1, -0.05) is 24.3 Å². The number of alkyl halides is 3. The van der Waals surface area contributed by atoms with E-state index < -0.39 is 11.7 Å². The molecule has 0 amide bonds. The number of thioether (sulfide) groups is 1. The van der Waals surface area contributed by atoms with E-state index in [1.807, 2.05) is 43.3 Å². The van der Waals surface area contributed by atoms with E-state index in [0.29, 0.717) is 17.1 Å². The molecule has 0 aliphatic carbocycles. The number of hydrogen-bond donors (Lipinski definition) is 1. The van der Waals surface area contributed by atoms with E-state index >= 15 is 0 Å². The van der Waals surface area contributed by atoms with Crippen LogP contribution in [0.4, 0.5) is 13.2 Å². The zero-order valence-corrected chi connectivity index (χ0v) is 16.0. The molecule has 0 aromatic heterocycles. The highest BCUT2D eigenvalue weighted by Gasteiger charge is 2.29. The van der Waals surface area contributed by atoms with Gasteiger partial charge in [-0.15, -0.1) is 11.8 Å². The first-order valence-corrected chi connectivity index (χ1v) is 9.60. The predicted molar refractivity (Wildman–Crippen MR) is 105 cm³/mol. The van der Waals surface area contributed by atoms with Crippen molar-refractivity contribution in [2.75, 3.05) is 0 Å². The number of benzene rings is 3. The van der Waals surface area contributed by atoms with Crippen molar-refractivity contribution < 1.29 is 23.0 Å². The van der Waals surface area contributed by atoms with Crippen LogP contribution in [0, 0.1) is 6.92 Å². The Hall–Kier alpha value is -2.60. The van der Waals surface area contributed by atoms with Gasteiger partial charge < -0.3 is 9.84 Å². The minimum atomic E-state index is -4.33. The van der Waals surface area contributed by atoms with E-state index in [0.717, 1.165) is 33.9 Å². The summed E-state index contributed by atoms with van der Waals surface area (Å²) in [5, 5.41) is 9.57.